The number of pyridine rings is 1. The molecule has 2 rings (SSSR count). The van der Waals surface area contributed by atoms with Gasteiger partial charge in [0.25, 0.3) is 0 Å². The van der Waals surface area contributed by atoms with Crippen LogP contribution in [0.2, 0.25) is 0 Å². The summed E-state index contributed by atoms with van der Waals surface area (Å²) < 4.78 is 4.65. The normalized spacial score (nSPS) is 10.2. The van der Waals surface area contributed by atoms with Gasteiger partial charge in [0.15, 0.2) is 5.82 Å². The third-order valence-corrected chi connectivity index (χ3v) is 2.17. The summed E-state index contributed by atoms with van der Waals surface area (Å²) in [6.45, 7) is 3.57. The molecule has 0 aliphatic carbocycles. The summed E-state index contributed by atoms with van der Waals surface area (Å²) >= 11 is 0. The fourth-order valence-corrected chi connectivity index (χ4v) is 1.34. The number of hydrogen-bond acceptors (Lipinski definition) is 6. The number of hydrogen-bond donors (Lipinski definition) is 2. The summed E-state index contributed by atoms with van der Waals surface area (Å²) in [6, 6.07) is 3.85. The molecule has 2 heterocycles. The van der Waals surface area contributed by atoms with Crippen LogP contribution in [0.4, 0.5) is 11.5 Å². The van der Waals surface area contributed by atoms with E-state index >= 15 is 0 Å². The molecule has 0 atom stereocenters. The zero-order valence-corrected chi connectivity index (χ0v) is 9.68. The van der Waals surface area contributed by atoms with Crippen molar-refractivity contribution >= 4 is 11.5 Å². The van der Waals surface area contributed by atoms with Crippen molar-refractivity contribution in [2.75, 3.05) is 17.2 Å². The van der Waals surface area contributed by atoms with Gasteiger partial charge >= 0.3 is 0 Å². The molecule has 0 aliphatic rings. The average Bonchev–Trinajstić information content (AvgIpc) is 2.87. The van der Waals surface area contributed by atoms with Crippen LogP contribution in [0.25, 0.3) is 0 Å². The van der Waals surface area contributed by atoms with E-state index in [4.69, 9.17) is 0 Å². The molecule has 90 valence electrons. The lowest BCUT2D eigenvalue weighted by Crippen LogP contribution is -2.04. The van der Waals surface area contributed by atoms with Crippen molar-refractivity contribution in [3.05, 3.63) is 30.5 Å². The van der Waals surface area contributed by atoms with Crippen LogP contribution in [-0.2, 0) is 6.54 Å². The molecule has 0 spiro atoms. The molecule has 0 unspecified atom stereocenters. The Bertz CT molecular complexity index is 443. The lowest BCUT2D eigenvalue weighted by atomic mass is 10.3. The van der Waals surface area contributed by atoms with Crippen LogP contribution < -0.4 is 10.6 Å². The minimum absolute atomic E-state index is 0.535. The van der Waals surface area contributed by atoms with Crippen LogP contribution in [0.15, 0.2) is 29.2 Å². The van der Waals surface area contributed by atoms with Gasteiger partial charge < -0.3 is 15.2 Å². The number of nitrogens with one attached hydrogen (secondary N) is 2. The predicted octanol–water partition coefficient (Wildman–Crippen LogP) is 1.90. The molecular weight excluding hydrogens is 218 g/mol. The summed E-state index contributed by atoms with van der Waals surface area (Å²) in [7, 11) is 0. The van der Waals surface area contributed by atoms with Crippen LogP contribution in [-0.4, -0.2) is 21.7 Å². The molecule has 0 aliphatic heterocycles. The summed E-state index contributed by atoms with van der Waals surface area (Å²) in [5.41, 5.74) is 0.975. The Hall–Kier alpha value is -2.11. The highest BCUT2D eigenvalue weighted by molar-refractivity contribution is 5.51. The van der Waals surface area contributed by atoms with E-state index in [1.165, 1.54) is 6.39 Å². The first-order valence-electron chi connectivity index (χ1n) is 5.57. The first-order valence-corrected chi connectivity index (χ1v) is 5.57. The molecule has 0 saturated heterocycles. The van der Waals surface area contributed by atoms with Gasteiger partial charge in [0.1, 0.15) is 5.82 Å². The minimum Gasteiger partial charge on any atom is -0.377 e. The van der Waals surface area contributed by atoms with Crippen molar-refractivity contribution < 1.29 is 4.52 Å². The first kappa shape index (κ1) is 11.4. The van der Waals surface area contributed by atoms with Crippen molar-refractivity contribution in [3.63, 3.8) is 0 Å². The van der Waals surface area contributed by atoms with Gasteiger partial charge in [0.05, 0.1) is 6.54 Å². The molecule has 17 heavy (non-hydrogen) atoms. The summed E-state index contributed by atoms with van der Waals surface area (Å²) in [5.74, 6) is 1.50. The summed E-state index contributed by atoms with van der Waals surface area (Å²) in [5, 5.41) is 10.1. The zero-order chi connectivity index (χ0) is 11.9. The maximum atomic E-state index is 4.65. The molecule has 6 heteroatoms. The lowest BCUT2D eigenvalue weighted by molar-refractivity contribution is 0.411. The fourth-order valence-electron chi connectivity index (χ4n) is 1.34. The van der Waals surface area contributed by atoms with Gasteiger partial charge in [-0.05, 0) is 12.5 Å². The highest BCUT2D eigenvalue weighted by atomic mass is 16.5. The second-order valence-corrected chi connectivity index (χ2v) is 3.56. The molecule has 0 amide bonds. The standard InChI is InChI=1S/C11H15N5O/c1-2-4-12-10-6-9(3-5-13-10)14-7-11-15-8-17-16-11/h3,5-6,8H,2,4,7H2,1H3,(H2,12,13,14). The predicted molar refractivity (Wildman–Crippen MR) is 64.6 cm³/mol. The van der Waals surface area contributed by atoms with Crippen LogP contribution in [0, 0.1) is 0 Å². The number of rotatable bonds is 6. The Morgan fingerprint density at radius 3 is 3.00 bits per heavy atom. The van der Waals surface area contributed by atoms with Gasteiger partial charge in [-0.15, -0.1) is 0 Å². The van der Waals surface area contributed by atoms with E-state index in [0.717, 1.165) is 24.5 Å². The average molecular weight is 233 g/mol. The van der Waals surface area contributed by atoms with E-state index < -0.39 is 0 Å². The quantitative estimate of drug-likeness (QED) is 0.793. The van der Waals surface area contributed by atoms with E-state index in [0.29, 0.717) is 12.4 Å². The van der Waals surface area contributed by atoms with Crippen molar-refractivity contribution in [3.8, 4) is 0 Å². The second kappa shape index (κ2) is 5.83. The van der Waals surface area contributed by atoms with Gasteiger partial charge in [-0.3, -0.25) is 0 Å². The van der Waals surface area contributed by atoms with E-state index in [9.17, 15) is 0 Å². The minimum atomic E-state index is 0.535. The van der Waals surface area contributed by atoms with Crippen LogP contribution >= 0.6 is 0 Å². The third-order valence-electron chi connectivity index (χ3n) is 2.17. The SMILES string of the molecule is CCCNc1cc(NCc2ncon2)ccn1. The number of anilines is 2. The molecule has 0 saturated carbocycles. The van der Waals surface area contributed by atoms with E-state index in [2.05, 4.69) is 37.2 Å². The Morgan fingerprint density at radius 2 is 2.24 bits per heavy atom. The molecule has 6 nitrogen and oxygen atoms in total. The first-order chi connectivity index (χ1) is 8.38. The highest BCUT2D eigenvalue weighted by Crippen LogP contribution is 2.12. The van der Waals surface area contributed by atoms with E-state index in [1.807, 2.05) is 12.1 Å². The largest absolute Gasteiger partial charge is 0.377 e. The molecule has 2 aromatic rings. The smallest absolute Gasteiger partial charge is 0.213 e. The van der Waals surface area contributed by atoms with Gasteiger partial charge in [0, 0.05) is 24.5 Å². The van der Waals surface area contributed by atoms with E-state index in [-0.39, 0.29) is 0 Å². The van der Waals surface area contributed by atoms with Crippen molar-refractivity contribution in [2.45, 2.75) is 19.9 Å². The Kier molecular flexibility index (Phi) is 3.90. The van der Waals surface area contributed by atoms with Crippen molar-refractivity contribution in [1.82, 2.24) is 15.1 Å². The van der Waals surface area contributed by atoms with Gasteiger partial charge in [-0.1, -0.05) is 12.1 Å². The van der Waals surface area contributed by atoms with Gasteiger partial charge in [0.2, 0.25) is 6.39 Å². The Morgan fingerprint density at radius 1 is 1.29 bits per heavy atom. The number of nitrogens with zero attached hydrogens (tertiary/aromatic N) is 3. The van der Waals surface area contributed by atoms with Crippen molar-refractivity contribution in [2.24, 2.45) is 0 Å². The zero-order valence-electron chi connectivity index (χ0n) is 9.68. The fraction of sp³-hybridized carbons (Fsp3) is 0.364. The van der Waals surface area contributed by atoms with Crippen LogP contribution in [0.5, 0.6) is 0 Å². The van der Waals surface area contributed by atoms with Crippen LogP contribution in [0.3, 0.4) is 0 Å². The maximum Gasteiger partial charge on any atom is 0.213 e. The van der Waals surface area contributed by atoms with Gasteiger partial charge in [-0.2, -0.15) is 4.98 Å². The molecule has 0 fully saturated rings. The second-order valence-electron chi connectivity index (χ2n) is 3.56. The maximum absolute atomic E-state index is 4.65. The number of aromatic nitrogens is 3. The Balaban J connectivity index is 1.91. The summed E-state index contributed by atoms with van der Waals surface area (Å²) in [6.07, 6.45) is 4.15. The lowest BCUT2D eigenvalue weighted by Gasteiger charge is -2.07. The monoisotopic (exact) mass is 233 g/mol. The van der Waals surface area contributed by atoms with Crippen LogP contribution in [0.1, 0.15) is 19.2 Å². The topological polar surface area (TPSA) is 75.9 Å². The third kappa shape index (κ3) is 3.44. The molecule has 0 bridgehead atoms. The molecular formula is C11H15N5O. The Labute approximate surface area is 99.5 Å². The van der Waals surface area contributed by atoms with E-state index in [1.54, 1.807) is 6.20 Å². The molecule has 0 radical (unpaired) electrons. The van der Waals surface area contributed by atoms with Gasteiger partial charge in [-0.25, -0.2) is 4.98 Å². The molecule has 2 N–H and O–H groups in total. The molecule has 0 aromatic carbocycles. The molecule has 2 aromatic heterocycles. The summed E-state index contributed by atoms with van der Waals surface area (Å²) in [4.78, 5) is 8.15. The highest BCUT2D eigenvalue weighted by Gasteiger charge is 1.99. The van der Waals surface area contributed by atoms with Crippen molar-refractivity contribution in [1.29, 1.82) is 0 Å².